The van der Waals surface area contributed by atoms with E-state index in [2.05, 4.69) is 15.3 Å². The van der Waals surface area contributed by atoms with Crippen LogP contribution in [0.15, 0.2) is 29.6 Å². The zero-order valence-corrected chi connectivity index (χ0v) is 11.7. The number of hydrogen-bond acceptors (Lipinski definition) is 4. The fraction of sp³-hybridized carbons (Fsp3) is 0.231. The number of hydroxylamine groups is 1. The van der Waals surface area contributed by atoms with Crippen molar-refractivity contribution in [3.63, 3.8) is 0 Å². The van der Waals surface area contributed by atoms with Crippen molar-refractivity contribution < 1.29 is 22.8 Å². The van der Waals surface area contributed by atoms with Gasteiger partial charge in [0.05, 0.1) is 24.8 Å². The summed E-state index contributed by atoms with van der Waals surface area (Å²) in [7, 11) is 1.33. The maximum Gasteiger partial charge on any atom is 0.416 e. The van der Waals surface area contributed by atoms with E-state index in [9.17, 15) is 18.0 Å². The average molecular weight is 316 g/mol. The Balaban J connectivity index is 2.12. The largest absolute Gasteiger partial charge is 0.416 e. The minimum Gasteiger partial charge on any atom is -0.277 e. The molecule has 1 N–H and O–H groups in total. The van der Waals surface area contributed by atoms with Gasteiger partial charge in [0, 0.05) is 10.9 Å². The normalized spacial score (nSPS) is 11.4. The Bertz CT molecular complexity index is 623. The smallest absolute Gasteiger partial charge is 0.277 e. The summed E-state index contributed by atoms with van der Waals surface area (Å²) in [5, 5.41) is 2.24. The molecule has 1 aromatic carbocycles. The van der Waals surface area contributed by atoms with E-state index < -0.39 is 11.7 Å². The number of benzene rings is 1. The lowest BCUT2D eigenvalue weighted by Crippen LogP contribution is -2.23. The van der Waals surface area contributed by atoms with Crippen LogP contribution in [-0.4, -0.2) is 18.0 Å². The summed E-state index contributed by atoms with van der Waals surface area (Å²) < 4.78 is 37.4. The highest BCUT2D eigenvalue weighted by atomic mass is 32.1. The van der Waals surface area contributed by atoms with Gasteiger partial charge in [0.15, 0.2) is 0 Å². The summed E-state index contributed by atoms with van der Waals surface area (Å²) >= 11 is 1.26. The quantitative estimate of drug-likeness (QED) is 0.882. The highest BCUT2D eigenvalue weighted by Gasteiger charge is 2.30. The van der Waals surface area contributed by atoms with Crippen molar-refractivity contribution in [2.45, 2.75) is 12.6 Å². The van der Waals surface area contributed by atoms with Gasteiger partial charge in [0.2, 0.25) is 5.91 Å². The number of nitrogens with zero attached hydrogens (tertiary/aromatic N) is 1. The third kappa shape index (κ3) is 4.02. The van der Waals surface area contributed by atoms with Crippen LogP contribution >= 0.6 is 11.3 Å². The molecule has 2 aromatic rings. The Labute approximate surface area is 122 Å². The Morgan fingerprint density at radius 1 is 1.33 bits per heavy atom. The van der Waals surface area contributed by atoms with E-state index in [1.807, 2.05) is 0 Å². The molecule has 2 rings (SSSR count). The zero-order chi connectivity index (χ0) is 15.5. The standard InChI is InChI=1S/C13H11F3N2O2S/c1-20-18-11(19)6-10-7-21-12(17-10)8-2-4-9(5-3-8)13(14,15)16/h2-5,7H,6H2,1H3,(H,18,19). The Morgan fingerprint density at radius 2 is 2.00 bits per heavy atom. The summed E-state index contributed by atoms with van der Waals surface area (Å²) in [5.41, 5.74) is 2.57. The molecule has 0 spiro atoms. The SMILES string of the molecule is CONC(=O)Cc1csc(-c2ccc(C(F)(F)F)cc2)n1. The molecule has 0 atom stereocenters. The number of amides is 1. The first-order valence-corrected chi connectivity index (χ1v) is 6.72. The molecule has 0 saturated heterocycles. The van der Waals surface area contributed by atoms with Gasteiger partial charge in [-0.2, -0.15) is 13.2 Å². The highest BCUT2D eigenvalue weighted by molar-refractivity contribution is 7.13. The fourth-order valence-electron chi connectivity index (χ4n) is 1.64. The molecular formula is C13H11F3N2O2S. The maximum atomic E-state index is 12.5. The number of carbonyl (C=O) groups is 1. The topological polar surface area (TPSA) is 51.2 Å². The Kier molecular flexibility index (Phi) is 4.59. The second kappa shape index (κ2) is 6.23. The number of rotatable bonds is 4. The monoisotopic (exact) mass is 316 g/mol. The Hall–Kier alpha value is -1.93. The van der Waals surface area contributed by atoms with Gasteiger partial charge in [0.1, 0.15) is 5.01 Å². The second-order valence-corrected chi connectivity index (χ2v) is 4.98. The number of alkyl halides is 3. The van der Waals surface area contributed by atoms with Gasteiger partial charge >= 0.3 is 6.18 Å². The molecule has 0 aliphatic carbocycles. The molecule has 8 heteroatoms. The van der Waals surface area contributed by atoms with Crippen LogP contribution in [-0.2, 0) is 22.2 Å². The van der Waals surface area contributed by atoms with E-state index in [4.69, 9.17) is 0 Å². The molecule has 0 fully saturated rings. The fourth-order valence-corrected chi connectivity index (χ4v) is 2.46. The first-order valence-electron chi connectivity index (χ1n) is 5.84. The molecule has 112 valence electrons. The minimum absolute atomic E-state index is 0.0466. The van der Waals surface area contributed by atoms with Crippen LogP contribution in [0.5, 0.6) is 0 Å². The molecule has 0 aliphatic rings. The molecule has 0 aliphatic heterocycles. The van der Waals surface area contributed by atoms with Crippen molar-refractivity contribution in [1.29, 1.82) is 0 Å². The summed E-state index contributed by atoms with van der Waals surface area (Å²) in [6, 6.07) is 4.74. The van der Waals surface area contributed by atoms with Crippen molar-refractivity contribution in [2.75, 3.05) is 7.11 Å². The van der Waals surface area contributed by atoms with Crippen LogP contribution in [0.25, 0.3) is 10.6 Å². The van der Waals surface area contributed by atoms with Gasteiger partial charge in [-0.25, -0.2) is 10.5 Å². The molecule has 21 heavy (non-hydrogen) atoms. The third-order valence-corrected chi connectivity index (χ3v) is 3.51. The van der Waals surface area contributed by atoms with E-state index in [0.717, 1.165) is 12.1 Å². The van der Waals surface area contributed by atoms with E-state index in [0.29, 0.717) is 16.3 Å². The number of aromatic nitrogens is 1. The predicted molar refractivity (Wildman–Crippen MR) is 71.4 cm³/mol. The highest BCUT2D eigenvalue weighted by Crippen LogP contribution is 2.31. The number of carbonyl (C=O) groups excluding carboxylic acids is 1. The van der Waals surface area contributed by atoms with Crippen molar-refractivity contribution in [3.05, 3.63) is 40.9 Å². The predicted octanol–water partition coefficient (Wildman–Crippen LogP) is 3.05. The second-order valence-electron chi connectivity index (χ2n) is 4.13. The van der Waals surface area contributed by atoms with E-state index >= 15 is 0 Å². The van der Waals surface area contributed by atoms with Crippen LogP contribution in [0.4, 0.5) is 13.2 Å². The average Bonchev–Trinajstić information content (AvgIpc) is 2.86. The van der Waals surface area contributed by atoms with Crippen molar-refractivity contribution >= 4 is 17.2 Å². The van der Waals surface area contributed by atoms with E-state index in [-0.39, 0.29) is 12.3 Å². The summed E-state index contributed by atoms with van der Waals surface area (Å²) in [6.45, 7) is 0. The van der Waals surface area contributed by atoms with Crippen LogP contribution in [0.1, 0.15) is 11.3 Å². The minimum atomic E-state index is -4.36. The van der Waals surface area contributed by atoms with Gasteiger partial charge in [0.25, 0.3) is 0 Å². The summed E-state index contributed by atoms with van der Waals surface area (Å²) in [6.07, 6.45) is -4.31. The molecule has 0 unspecified atom stereocenters. The lowest BCUT2D eigenvalue weighted by atomic mass is 10.1. The molecule has 1 amide bonds. The zero-order valence-electron chi connectivity index (χ0n) is 10.9. The maximum absolute atomic E-state index is 12.5. The number of thiazole rings is 1. The molecule has 0 bridgehead atoms. The number of hydrogen-bond donors (Lipinski definition) is 1. The van der Waals surface area contributed by atoms with E-state index in [1.165, 1.54) is 30.6 Å². The van der Waals surface area contributed by atoms with Gasteiger partial charge in [-0.1, -0.05) is 12.1 Å². The first-order chi connectivity index (χ1) is 9.90. The van der Waals surface area contributed by atoms with Gasteiger partial charge in [-0.05, 0) is 12.1 Å². The lowest BCUT2D eigenvalue weighted by molar-refractivity contribution is -0.137. The van der Waals surface area contributed by atoms with Crippen LogP contribution in [0, 0.1) is 0 Å². The van der Waals surface area contributed by atoms with Gasteiger partial charge < -0.3 is 0 Å². The summed E-state index contributed by atoms with van der Waals surface area (Å²) in [4.78, 5) is 20.0. The van der Waals surface area contributed by atoms with Crippen LogP contribution < -0.4 is 5.48 Å². The molecular weight excluding hydrogens is 305 g/mol. The van der Waals surface area contributed by atoms with E-state index in [1.54, 1.807) is 5.38 Å². The number of nitrogens with one attached hydrogen (secondary N) is 1. The third-order valence-electron chi connectivity index (χ3n) is 2.57. The van der Waals surface area contributed by atoms with Crippen LogP contribution in [0.2, 0.25) is 0 Å². The summed E-state index contributed by atoms with van der Waals surface area (Å²) in [5.74, 6) is -0.346. The lowest BCUT2D eigenvalue weighted by Gasteiger charge is -2.06. The molecule has 1 aromatic heterocycles. The molecule has 0 radical (unpaired) electrons. The number of halogens is 3. The van der Waals surface area contributed by atoms with Crippen molar-refractivity contribution in [1.82, 2.24) is 10.5 Å². The van der Waals surface area contributed by atoms with Crippen molar-refractivity contribution in [2.24, 2.45) is 0 Å². The Morgan fingerprint density at radius 3 is 2.57 bits per heavy atom. The molecule has 0 saturated carbocycles. The molecule has 1 heterocycles. The van der Waals surface area contributed by atoms with Crippen LogP contribution in [0.3, 0.4) is 0 Å². The molecule has 4 nitrogen and oxygen atoms in total. The van der Waals surface area contributed by atoms with Gasteiger partial charge in [-0.3, -0.25) is 9.63 Å². The van der Waals surface area contributed by atoms with Gasteiger partial charge in [-0.15, -0.1) is 11.3 Å². The first kappa shape index (κ1) is 15.5. The van der Waals surface area contributed by atoms with Crippen molar-refractivity contribution in [3.8, 4) is 10.6 Å².